The number of esters is 1. The Morgan fingerprint density at radius 2 is 1.91 bits per heavy atom. The van der Waals surface area contributed by atoms with Crippen LogP contribution in [0, 0.1) is 17.1 Å². The first-order chi connectivity index (χ1) is 21.1. The van der Waals surface area contributed by atoms with Gasteiger partial charge in [0.1, 0.15) is 11.2 Å². The second-order valence-corrected chi connectivity index (χ2v) is 11.0. The summed E-state index contributed by atoms with van der Waals surface area (Å²) in [6.07, 6.45) is 3.64. The van der Waals surface area contributed by atoms with Crippen LogP contribution < -0.4 is 0 Å². The average Bonchev–Trinajstić information content (AvgIpc) is 3.68. The average molecular weight is 611 g/mol. The third-order valence-corrected chi connectivity index (χ3v) is 8.41. The quantitative estimate of drug-likeness (QED) is 0.256. The molecule has 0 atom stereocenters. The van der Waals surface area contributed by atoms with Crippen LogP contribution in [0.15, 0.2) is 43.1 Å². The van der Waals surface area contributed by atoms with Crippen LogP contribution >= 0.6 is 0 Å². The zero-order chi connectivity index (χ0) is 31.2. The standard InChI is InChI=1S/C29H26F4N8O3/c1-44-27(43)21-13-37-25-19(2-9-36-25)22(21)17-12-38-41(14-17)28(6-7-34)15-40(16-28)18-4-10-39(11-5-18)26(42)20-3-8-35-24(23(20)30)29(31,32)33/h2-3,8-9,12-14,18H,4-6,10-11,15-16H2,1H3,(H,36,37). The fourth-order valence-corrected chi connectivity index (χ4v) is 6.16. The first-order valence-corrected chi connectivity index (χ1v) is 13.8. The van der Waals surface area contributed by atoms with Gasteiger partial charge in [-0.1, -0.05) is 0 Å². The lowest BCUT2D eigenvalue weighted by Crippen LogP contribution is -2.66. The second-order valence-electron chi connectivity index (χ2n) is 11.0. The van der Waals surface area contributed by atoms with Gasteiger partial charge < -0.3 is 14.6 Å². The van der Waals surface area contributed by atoms with Gasteiger partial charge in [0.25, 0.3) is 5.91 Å². The van der Waals surface area contributed by atoms with Crippen molar-refractivity contribution in [2.75, 3.05) is 33.3 Å². The van der Waals surface area contributed by atoms with E-state index in [9.17, 15) is 32.4 Å². The summed E-state index contributed by atoms with van der Waals surface area (Å²) in [5.74, 6) is -3.01. The molecule has 11 nitrogen and oxygen atoms in total. The smallest absolute Gasteiger partial charge is 0.436 e. The highest BCUT2D eigenvalue weighted by atomic mass is 19.4. The first kappa shape index (κ1) is 29.2. The highest BCUT2D eigenvalue weighted by Crippen LogP contribution is 2.39. The third kappa shape index (κ3) is 4.94. The van der Waals surface area contributed by atoms with Crippen molar-refractivity contribution in [2.45, 2.75) is 37.0 Å². The highest BCUT2D eigenvalue weighted by Gasteiger charge is 2.48. The molecular formula is C29H26F4N8O3. The first-order valence-electron chi connectivity index (χ1n) is 13.8. The number of methoxy groups -OCH3 is 1. The Bertz CT molecular complexity index is 1780. The van der Waals surface area contributed by atoms with Crippen LogP contribution in [0.1, 0.15) is 45.7 Å². The number of aromatic amines is 1. The Kier molecular flexibility index (Phi) is 7.32. The lowest BCUT2D eigenvalue weighted by Gasteiger charge is -2.53. The molecule has 1 amide bonds. The van der Waals surface area contributed by atoms with Gasteiger partial charge in [0.2, 0.25) is 0 Å². The summed E-state index contributed by atoms with van der Waals surface area (Å²) >= 11 is 0. The van der Waals surface area contributed by atoms with Gasteiger partial charge in [0.15, 0.2) is 11.5 Å². The Labute approximate surface area is 248 Å². The molecule has 0 saturated carbocycles. The minimum absolute atomic E-state index is 0.0551. The van der Waals surface area contributed by atoms with E-state index in [0.29, 0.717) is 42.7 Å². The number of nitriles is 1. The lowest BCUT2D eigenvalue weighted by atomic mass is 9.83. The maximum Gasteiger partial charge on any atom is 0.436 e. The summed E-state index contributed by atoms with van der Waals surface area (Å²) in [4.78, 5) is 39.4. The number of ether oxygens (including phenoxy) is 1. The van der Waals surface area contributed by atoms with E-state index in [1.165, 1.54) is 18.2 Å². The Hall–Kier alpha value is -4.84. The largest absolute Gasteiger partial charge is 0.465 e. The number of hydrogen-bond acceptors (Lipinski definition) is 8. The number of rotatable bonds is 6. The molecule has 0 bridgehead atoms. The molecule has 6 heterocycles. The van der Waals surface area contributed by atoms with Gasteiger partial charge >= 0.3 is 12.1 Å². The van der Waals surface area contributed by atoms with E-state index < -0.39 is 40.7 Å². The maximum atomic E-state index is 14.5. The molecule has 0 radical (unpaired) electrons. The van der Waals surface area contributed by atoms with E-state index in [1.54, 1.807) is 17.1 Å². The molecular weight excluding hydrogens is 584 g/mol. The van der Waals surface area contributed by atoms with Gasteiger partial charge in [-0.2, -0.15) is 23.5 Å². The molecule has 4 aromatic rings. The summed E-state index contributed by atoms with van der Waals surface area (Å²) in [5, 5.41) is 15.0. The molecule has 44 heavy (non-hydrogen) atoms. The van der Waals surface area contributed by atoms with E-state index in [1.807, 2.05) is 12.3 Å². The molecule has 1 N–H and O–H groups in total. The molecule has 0 spiro atoms. The van der Waals surface area contributed by atoms with Crippen molar-refractivity contribution in [2.24, 2.45) is 0 Å². The topological polar surface area (TPSA) is 133 Å². The van der Waals surface area contributed by atoms with Gasteiger partial charge in [0.05, 0.1) is 36.9 Å². The van der Waals surface area contributed by atoms with E-state index in [-0.39, 0.29) is 31.1 Å². The van der Waals surface area contributed by atoms with Crippen LogP contribution in [0.25, 0.3) is 22.2 Å². The fourth-order valence-electron chi connectivity index (χ4n) is 6.16. The number of carbonyl (C=O) groups excluding carboxylic acids is 2. The fraction of sp³-hybridized carbons (Fsp3) is 0.379. The molecule has 2 fully saturated rings. The van der Waals surface area contributed by atoms with Crippen molar-refractivity contribution in [3.63, 3.8) is 0 Å². The lowest BCUT2D eigenvalue weighted by molar-refractivity contribution is -0.143. The number of halogens is 4. The molecule has 0 unspecified atom stereocenters. The zero-order valence-electron chi connectivity index (χ0n) is 23.4. The molecule has 228 valence electrons. The van der Waals surface area contributed by atoms with Crippen molar-refractivity contribution in [3.8, 4) is 17.2 Å². The van der Waals surface area contributed by atoms with Crippen molar-refractivity contribution in [3.05, 3.63) is 65.8 Å². The number of aromatic nitrogens is 5. The number of alkyl halides is 3. The molecule has 15 heteroatoms. The van der Waals surface area contributed by atoms with Crippen molar-refractivity contribution in [1.29, 1.82) is 5.26 Å². The normalized spacial score (nSPS) is 17.3. The number of piperidine rings is 1. The molecule has 6 rings (SSSR count). The summed E-state index contributed by atoms with van der Waals surface area (Å²) in [6, 6.07) is 5.09. The summed E-state index contributed by atoms with van der Waals surface area (Å²) in [5.41, 5.74) is -0.828. The van der Waals surface area contributed by atoms with Crippen molar-refractivity contribution >= 4 is 22.9 Å². The summed E-state index contributed by atoms with van der Waals surface area (Å²) < 4.78 is 60.5. The predicted octanol–water partition coefficient (Wildman–Crippen LogP) is 4.00. The number of hydrogen-bond donors (Lipinski definition) is 1. The van der Waals surface area contributed by atoms with E-state index in [4.69, 9.17) is 4.74 Å². The molecule has 2 aliphatic heterocycles. The van der Waals surface area contributed by atoms with Gasteiger partial charge in [-0.25, -0.2) is 19.2 Å². The van der Waals surface area contributed by atoms with Crippen LogP contribution in [-0.4, -0.2) is 85.7 Å². The number of pyridine rings is 2. The molecule has 0 aromatic carbocycles. The van der Waals surface area contributed by atoms with Gasteiger partial charge in [-0.05, 0) is 25.0 Å². The predicted molar refractivity (Wildman–Crippen MR) is 147 cm³/mol. The van der Waals surface area contributed by atoms with Crippen LogP contribution in [0.4, 0.5) is 17.6 Å². The zero-order valence-corrected chi connectivity index (χ0v) is 23.4. The number of nitrogens with zero attached hydrogens (tertiary/aromatic N) is 7. The summed E-state index contributed by atoms with van der Waals surface area (Å²) in [6.45, 7) is 1.50. The van der Waals surface area contributed by atoms with Gasteiger partial charge in [0, 0.05) is 73.5 Å². The van der Waals surface area contributed by atoms with E-state index >= 15 is 0 Å². The molecule has 2 saturated heterocycles. The summed E-state index contributed by atoms with van der Waals surface area (Å²) in [7, 11) is 1.29. The second kappa shape index (κ2) is 11.0. The molecule has 4 aromatic heterocycles. The number of carbonyl (C=O) groups is 2. The number of amides is 1. The third-order valence-electron chi connectivity index (χ3n) is 8.41. The molecule has 2 aliphatic rings. The number of nitrogens with one attached hydrogen (secondary N) is 1. The van der Waals surface area contributed by atoms with Gasteiger partial charge in [-0.15, -0.1) is 0 Å². The molecule has 0 aliphatic carbocycles. The van der Waals surface area contributed by atoms with Crippen LogP contribution in [-0.2, 0) is 16.5 Å². The van der Waals surface area contributed by atoms with Crippen LogP contribution in [0.5, 0.6) is 0 Å². The SMILES string of the molecule is COC(=O)c1cnc2[nH]ccc2c1-c1cnn(C2(CC#N)CN(C3CCN(C(=O)c4ccnc(C(F)(F)F)c4F)CC3)C2)c1. The van der Waals surface area contributed by atoms with E-state index in [2.05, 4.69) is 31.0 Å². The number of likely N-dealkylation sites (tertiary alicyclic amines) is 2. The maximum absolute atomic E-state index is 14.5. The minimum atomic E-state index is -5.01. The number of fused-ring (bicyclic) bond motifs is 1. The Morgan fingerprint density at radius 1 is 1.16 bits per heavy atom. The number of H-pyrrole nitrogens is 1. The minimum Gasteiger partial charge on any atom is -0.465 e. The van der Waals surface area contributed by atoms with Crippen LogP contribution in [0.3, 0.4) is 0 Å². The monoisotopic (exact) mass is 610 g/mol. The Morgan fingerprint density at radius 3 is 2.59 bits per heavy atom. The Balaban J connectivity index is 1.16. The van der Waals surface area contributed by atoms with Crippen molar-refractivity contribution in [1.82, 2.24) is 34.5 Å². The van der Waals surface area contributed by atoms with Gasteiger partial charge in [-0.3, -0.25) is 14.4 Å². The van der Waals surface area contributed by atoms with Crippen molar-refractivity contribution < 1.29 is 31.9 Å². The van der Waals surface area contributed by atoms with Crippen LogP contribution in [0.2, 0.25) is 0 Å². The van der Waals surface area contributed by atoms with E-state index in [0.717, 1.165) is 17.6 Å². The highest BCUT2D eigenvalue weighted by molar-refractivity contribution is 6.06.